The fourth-order valence-corrected chi connectivity index (χ4v) is 4.33. The Kier molecular flexibility index (Phi) is 5.11. The molecule has 0 aromatic carbocycles. The van der Waals surface area contributed by atoms with Crippen molar-refractivity contribution in [2.45, 2.75) is 70.9 Å². The SMILES string of the molecule is C[C@@H]1[C@H](C)CCC[C@@H]1NC(=O)CN1C(=O)C(=O)N(C2CCCC2)C1=O. The number of nitrogens with zero attached hydrogens (tertiary/aromatic N) is 2. The van der Waals surface area contributed by atoms with Crippen LogP contribution in [-0.2, 0) is 14.4 Å². The third-order valence-electron chi connectivity index (χ3n) is 6.13. The molecule has 5 amide bonds. The fraction of sp³-hybridized carbons (Fsp3) is 0.778. The second kappa shape index (κ2) is 7.14. The summed E-state index contributed by atoms with van der Waals surface area (Å²) in [5.74, 6) is -1.14. The van der Waals surface area contributed by atoms with Crippen LogP contribution in [0.5, 0.6) is 0 Å². The van der Waals surface area contributed by atoms with Gasteiger partial charge in [0.1, 0.15) is 6.54 Å². The van der Waals surface area contributed by atoms with Crippen LogP contribution in [0.3, 0.4) is 0 Å². The summed E-state index contributed by atoms with van der Waals surface area (Å²) in [6.07, 6.45) is 6.51. The molecule has 25 heavy (non-hydrogen) atoms. The lowest BCUT2D eigenvalue weighted by molar-refractivity contribution is -0.144. The molecule has 0 aromatic rings. The van der Waals surface area contributed by atoms with Gasteiger partial charge in [0, 0.05) is 12.1 Å². The van der Waals surface area contributed by atoms with Gasteiger partial charge in [-0.05, 0) is 31.1 Å². The molecule has 7 heteroatoms. The first-order chi connectivity index (χ1) is 11.9. The summed E-state index contributed by atoms with van der Waals surface area (Å²) in [6.45, 7) is 3.92. The zero-order valence-electron chi connectivity index (χ0n) is 15.0. The van der Waals surface area contributed by atoms with E-state index in [-0.39, 0.29) is 24.5 Å². The van der Waals surface area contributed by atoms with Gasteiger partial charge in [-0.2, -0.15) is 0 Å². The highest BCUT2D eigenvalue weighted by Crippen LogP contribution is 2.30. The molecule has 0 bridgehead atoms. The van der Waals surface area contributed by atoms with Crippen LogP contribution in [0.1, 0.15) is 58.8 Å². The van der Waals surface area contributed by atoms with Gasteiger partial charge < -0.3 is 5.32 Å². The lowest BCUT2D eigenvalue weighted by Gasteiger charge is -2.34. The number of nitrogens with one attached hydrogen (secondary N) is 1. The van der Waals surface area contributed by atoms with E-state index in [1.807, 2.05) is 0 Å². The number of imide groups is 2. The van der Waals surface area contributed by atoms with Gasteiger partial charge >= 0.3 is 17.8 Å². The zero-order chi connectivity index (χ0) is 18.1. The molecule has 1 saturated heterocycles. The molecule has 3 aliphatic rings. The van der Waals surface area contributed by atoms with Crippen molar-refractivity contribution in [1.82, 2.24) is 15.1 Å². The summed E-state index contributed by atoms with van der Waals surface area (Å²) >= 11 is 0. The van der Waals surface area contributed by atoms with Crippen molar-refractivity contribution in [3.8, 4) is 0 Å². The molecule has 0 aromatic heterocycles. The lowest BCUT2D eigenvalue weighted by Crippen LogP contribution is -2.48. The van der Waals surface area contributed by atoms with Gasteiger partial charge in [0.05, 0.1) is 0 Å². The Morgan fingerprint density at radius 3 is 2.36 bits per heavy atom. The Hall–Kier alpha value is -1.92. The summed E-state index contributed by atoms with van der Waals surface area (Å²) in [7, 11) is 0. The molecule has 2 saturated carbocycles. The quantitative estimate of drug-likeness (QED) is 0.618. The van der Waals surface area contributed by atoms with E-state index in [0.29, 0.717) is 11.8 Å². The molecule has 3 rings (SSSR count). The smallest absolute Gasteiger partial charge is 0.334 e. The molecule has 0 radical (unpaired) electrons. The molecular formula is C18H27N3O4. The molecular weight excluding hydrogens is 322 g/mol. The Morgan fingerprint density at radius 2 is 1.68 bits per heavy atom. The van der Waals surface area contributed by atoms with Crippen molar-refractivity contribution < 1.29 is 19.2 Å². The Balaban J connectivity index is 1.61. The van der Waals surface area contributed by atoms with Crippen molar-refractivity contribution in [3.63, 3.8) is 0 Å². The first-order valence-corrected chi connectivity index (χ1v) is 9.38. The Bertz CT molecular complexity index is 585. The van der Waals surface area contributed by atoms with E-state index >= 15 is 0 Å². The van der Waals surface area contributed by atoms with Gasteiger partial charge in [0.2, 0.25) is 5.91 Å². The maximum absolute atomic E-state index is 12.5. The number of hydrogen-bond donors (Lipinski definition) is 1. The van der Waals surface area contributed by atoms with Crippen molar-refractivity contribution >= 4 is 23.8 Å². The lowest BCUT2D eigenvalue weighted by atomic mass is 9.78. The third kappa shape index (κ3) is 3.41. The summed E-state index contributed by atoms with van der Waals surface area (Å²) in [4.78, 5) is 51.0. The number of urea groups is 1. The Labute approximate surface area is 148 Å². The van der Waals surface area contributed by atoms with Crippen LogP contribution in [0.4, 0.5) is 4.79 Å². The molecule has 138 valence electrons. The van der Waals surface area contributed by atoms with Crippen molar-refractivity contribution in [2.24, 2.45) is 11.8 Å². The largest absolute Gasteiger partial charge is 0.352 e. The molecule has 3 fully saturated rings. The first-order valence-electron chi connectivity index (χ1n) is 9.38. The molecule has 3 atom stereocenters. The summed E-state index contributed by atoms with van der Waals surface area (Å²) in [5.41, 5.74) is 0. The first kappa shape index (κ1) is 17.9. The maximum Gasteiger partial charge on any atom is 0.334 e. The number of rotatable bonds is 4. The number of hydrogen-bond acceptors (Lipinski definition) is 4. The van der Waals surface area contributed by atoms with Crippen LogP contribution in [0.25, 0.3) is 0 Å². The van der Waals surface area contributed by atoms with E-state index in [1.165, 1.54) is 0 Å². The summed E-state index contributed by atoms with van der Waals surface area (Å²) < 4.78 is 0. The van der Waals surface area contributed by atoms with Gasteiger partial charge in [-0.15, -0.1) is 0 Å². The number of carbonyl (C=O) groups excluding carboxylic acids is 4. The van der Waals surface area contributed by atoms with Crippen LogP contribution < -0.4 is 5.32 Å². The normalized spacial score (nSPS) is 31.1. The van der Waals surface area contributed by atoms with E-state index < -0.39 is 17.8 Å². The van der Waals surface area contributed by atoms with Gasteiger partial charge in [-0.1, -0.05) is 39.5 Å². The van der Waals surface area contributed by atoms with Crippen molar-refractivity contribution in [3.05, 3.63) is 0 Å². The highest BCUT2D eigenvalue weighted by Gasteiger charge is 2.48. The predicted molar refractivity (Wildman–Crippen MR) is 90.3 cm³/mol. The van der Waals surface area contributed by atoms with Crippen molar-refractivity contribution in [1.29, 1.82) is 0 Å². The van der Waals surface area contributed by atoms with Gasteiger partial charge in [-0.3, -0.25) is 19.3 Å². The zero-order valence-corrected chi connectivity index (χ0v) is 15.0. The fourth-order valence-electron chi connectivity index (χ4n) is 4.33. The number of amides is 5. The van der Waals surface area contributed by atoms with E-state index in [4.69, 9.17) is 0 Å². The monoisotopic (exact) mass is 349 g/mol. The molecule has 0 spiro atoms. The average Bonchev–Trinajstić information content (AvgIpc) is 3.16. The second-order valence-electron chi connectivity index (χ2n) is 7.73. The highest BCUT2D eigenvalue weighted by atomic mass is 16.2. The second-order valence-corrected chi connectivity index (χ2v) is 7.73. The van der Waals surface area contributed by atoms with Gasteiger partial charge in [0.25, 0.3) is 0 Å². The maximum atomic E-state index is 12.5. The average molecular weight is 349 g/mol. The molecule has 1 aliphatic heterocycles. The topological polar surface area (TPSA) is 86.8 Å². The minimum absolute atomic E-state index is 0.0608. The number of carbonyl (C=O) groups is 4. The van der Waals surface area contributed by atoms with Crippen LogP contribution in [-0.4, -0.2) is 52.2 Å². The highest BCUT2D eigenvalue weighted by molar-refractivity contribution is 6.45. The van der Waals surface area contributed by atoms with Gasteiger partial charge in [0.15, 0.2) is 0 Å². The Morgan fingerprint density at radius 1 is 1.00 bits per heavy atom. The van der Waals surface area contributed by atoms with E-state index in [2.05, 4.69) is 19.2 Å². The molecule has 2 aliphatic carbocycles. The minimum Gasteiger partial charge on any atom is -0.352 e. The molecule has 1 heterocycles. The van der Waals surface area contributed by atoms with Crippen molar-refractivity contribution in [2.75, 3.05) is 6.54 Å². The molecule has 1 N–H and O–H groups in total. The van der Waals surface area contributed by atoms with Crippen LogP contribution in [0, 0.1) is 11.8 Å². The minimum atomic E-state index is -0.878. The van der Waals surface area contributed by atoms with E-state index in [0.717, 1.165) is 54.7 Å². The van der Waals surface area contributed by atoms with Crippen LogP contribution in [0.2, 0.25) is 0 Å². The van der Waals surface area contributed by atoms with Crippen LogP contribution >= 0.6 is 0 Å². The molecule has 7 nitrogen and oxygen atoms in total. The van der Waals surface area contributed by atoms with Gasteiger partial charge in [-0.25, -0.2) is 9.69 Å². The van der Waals surface area contributed by atoms with Crippen LogP contribution in [0.15, 0.2) is 0 Å². The standard InChI is InChI=1S/C18H27N3O4/c1-11-6-5-9-14(12(11)2)19-15(22)10-20-16(23)17(24)21(18(20)25)13-7-3-4-8-13/h11-14H,3-10H2,1-2H3,(H,19,22)/t11-,12-,14+/m1/s1. The third-order valence-corrected chi connectivity index (χ3v) is 6.13. The molecule has 0 unspecified atom stereocenters. The predicted octanol–water partition coefficient (Wildman–Crippen LogP) is 1.66. The van der Waals surface area contributed by atoms with E-state index in [9.17, 15) is 19.2 Å². The summed E-state index contributed by atoms with van der Waals surface area (Å²) in [6, 6.07) is -0.774. The van der Waals surface area contributed by atoms with E-state index in [1.54, 1.807) is 0 Å². The summed E-state index contributed by atoms with van der Waals surface area (Å²) in [5, 5.41) is 2.95.